The summed E-state index contributed by atoms with van der Waals surface area (Å²) in [5, 5.41) is 4.51. The zero-order valence-corrected chi connectivity index (χ0v) is 14.6. The van der Waals surface area contributed by atoms with Gasteiger partial charge in [0.25, 0.3) is 5.91 Å². The van der Waals surface area contributed by atoms with Gasteiger partial charge in [0, 0.05) is 18.4 Å². The van der Waals surface area contributed by atoms with Crippen molar-refractivity contribution >= 4 is 11.6 Å². The van der Waals surface area contributed by atoms with Gasteiger partial charge in [-0.1, -0.05) is 12.1 Å². The average molecular weight is 299 g/mol. The Hall–Kier alpha value is -2.10. The maximum Gasteiger partial charge on any atom is 0.278 e. The van der Waals surface area contributed by atoms with Gasteiger partial charge < -0.3 is 4.90 Å². The second-order valence-corrected chi connectivity index (χ2v) is 6.84. The first-order chi connectivity index (χ1) is 10.1. The molecule has 2 aromatic rings. The lowest BCUT2D eigenvalue weighted by atomic mass is 10.1. The molecule has 0 fully saturated rings. The van der Waals surface area contributed by atoms with E-state index >= 15 is 0 Å². The number of hydrogen-bond acceptors (Lipinski definition) is 2. The lowest BCUT2D eigenvalue weighted by molar-refractivity contribution is 0.0986. The highest BCUT2D eigenvalue weighted by atomic mass is 16.2. The van der Waals surface area contributed by atoms with E-state index in [0.717, 1.165) is 16.9 Å². The van der Waals surface area contributed by atoms with Crippen LogP contribution in [-0.2, 0) is 5.54 Å². The molecule has 0 spiro atoms. The summed E-state index contributed by atoms with van der Waals surface area (Å²) in [6, 6.07) is 7.85. The number of aryl methyl sites for hydroxylation is 2. The first-order valence-corrected chi connectivity index (χ1v) is 7.54. The van der Waals surface area contributed by atoms with Gasteiger partial charge in [0.05, 0.1) is 5.54 Å². The zero-order valence-electron chi connectivity index (χ0n) is 14.6. The number of carbonyl (C=O) groups excluding carboxylic acids is 1. The predicted molar refractivity (Wildman–Crippen MR) is 90.6 cm³/mol. The standard InChI is InChI=1S/C18H25N3O/c1-12-9-8-10-16(14(12)3)20(7)17(22)15-11-13(2)21(19-15)18(4,5)6/h8-11H,1-7H3. The van der Waals surface area contributed by atoms with Crippen LogP contribution in [0.4, 0.5) is 5.69 Å². The van der Waals surface area contributed by atoms with Crippen molar-refractivity contribution in [2.45, 2.75) is 47.1 Å². The van der Waals surface area contributed by atoms with Crippen molar-refractivity contribution < 1.29 is 4.79 Å². The topological polar surface area (TPSA) is 38.1 Å². The Labute approximate surface area is 132 Å². The minimum Gasteiger partial charge on any atom is -0.310 e. The molecule has 0 unspecified atom stereocenters. The molecular weight excluding hydrogens is 274 g/mol. The lowest BCUT2D eigenvalue weighted by Gasteiger charge is -2.22. The van der Waals surface area contributed by atoms with Crippen LogP contribution in [0.1, 0.15) is 48.1 Å². The summed E-state index contributed by atoms with van der Waals surface area (Å²) in [7, 11) is 1.80. The molecule has 1 aromatic carbocycles. The molecular formula is C18H25N3O. The Balaban J connectivity index is 2.38. The summed E-state index contributed by atoms with van der Waals surface area (Å²) in [5.41, 5.74) is 4.55. The Bertz CT molecular complexity index is 708. The molecule has 0 aliphatic carbocycles. The summed E-state index contributed by atoms with van der Waals surface area (Å²) < 4.78 is 1.90. The Kier molecular flexibility index (Phi) is 4.14. The molecule has 4 heteroatoms. The number of rotatable bonds is 2. The third kappa shape index (κ3) is 2.91. The fourth-order valence-corrected chi connectivity index (χ4v) is 2.64. The number of hydrogen-bond donors (Lipinski definition) is 0. The minimum atomic E-state index is -0.138. The number of nitrogens with zero attached hydrogens (tertiary/aromatic N) is 3. The third-order valence-corrected chi connectivity index (χ3v) is 3.98. The zero-order chi connectivity index (χ0) is 16.7. The largest absolute Gasteiger partial charge is 0.310 e. The predicted octanol–water partition coefficient (Wildman–Crippen LogP) is 3.84. The van der Waals surface area contributed by atoms with E-state index in [2.05, 4.69) is 38.9 Å². The fraction of sp³-hybridized carbons (Fsp3) is 0.444. The van der Waals surface area contributed by atoms with Gasteiger partial charge in [0.1, 0.15) is 0 Å². The molecule has 2 rings (SSSR count). The minimum absolute atomic E-state index is 0.0835. The maximum absolute atomic E-state index is 12.8. The van der Waals surface area contributed by atoms with Gasteiger partial charge >= 0.3 is 0 Å². The van der Waals surface area contributed by atoms with Crippen molar-refractivity contribution in [1.29, 1.82) is 0 Å². The van der Waals surface area contributed by atoms with E-state index < -0.39 is 0 Å². The van der Waals surface area contributed by atoms with Crippen molar-refractivity contribution in [3.63, 3.8) is 0 Å². The van der Waals surface area contributed by atoms with Crippen LogP contribution in [0.2, 0.25) is 0 Å². The van der Waals surface area contributed by atoms with E-state index in [1.165, 1.54) is 5.56 Å². The fourth-order valence-electron chi connectivity index (χ4n) is 2.64. The van der Waals surface area contributed by atoms with Crippen molar-refractivity contribution in [3.05, 3.63) is 46.8 Å². The summed E-state index contributed by atoms with van der Waals surface area (Å²) in [6.45, 7) is 12.3. The van der Waals surface area contributed by atoms with Crippen molar-refractivity contribution in [1.82, 2.24) is 9.78 Å². The van der Waals surface area contributed by atoms with E-state index in [1.807, 2.05) is 36.7 Å². The highest BCUT2D eigenvalue weighted by Crippen LogP contribution is 2.24. The van der Waals surface area contributed by atoms with Crippen LogP contribution < -0.4 is 4.90 Å². The van der Waals surface area contributed by atoms with Gasteiger partial charge in [-0.2, -0.15) is 5.10 Å². The second-order valence-electron chi connectivity index (χ2n) is 6.84. The van der Waals surface area contributed by atoms with E-state index in [4.69, 9.17) is 0 Å². The molecule has 0 aliphatic rings. The van der Waals surface area contributed by atoms with E-state index in [1.54, 1.807) is 11.9 Å². The molecule has 0 bridgehead atoms. The van der Waals surface area contributed by atoms with Gasteiger partial charge in [0.15, 0.2) is 5.69 Å². The number of amides is 1. The molecule has 4 nitrogen and oxygen atoms in total. The Morgan fingerprint density at radius 3 is 2.36 bits per heavy atom. The first kappa shape index (κ1) is 16.3. The van der Waals surface area contributed by atoms with Crippen LogP contribution >= 0.6 is 0 Å². The van der Waals surface area contributed by atoms with Gasteiger partial charge in [-0.3, -0.25) is 9.48 Å². The van der Waals surface area contributed by atoms with E-state index in [-0.39, 0.29) is 11.4 Å². The molecule has 118 valence electrons. The first-order valence-electron chi connectivity index (χ1n) is 7.54. The molecule has 1 heterocycles. The smallest absolute Gasteiger partial charge is 0.278 e. The number of anilines is 1. The van der Waals surface area contributed by atoms with Crippen LogP contribution in [0, 0.1) is 20.8 Å². The van der Waals surface area contributed by atoms with E-state index in [9.17, 15) is 4.79 Å². The summed E-state index contributed by atoms with van der Waals surface area (Å²) in [6.07, 6.45) is 0. The molecule has 0 N–H and O–H groups in total. The van der Waals surface area contributed by atoms with Crippen molar-refractivity contribution in [2.24, 2.45) is 0 Å². The van der Waals surface area contributed by atoms with Gasteiger partial charge in [-0.05, 0) is 64.8 Å². The summed E-state index contributed by atoms with van der Waals surface area (Å²) in [5.74, 6) is -0.0835. The summed E-state index contributed by atoms with van der Waals surface area (Å²) in [4.78, 5) is 14.4. The third-order valence-electron chi connectivity index (χ3n) is 3.98. The number of benzene rings is 1. The van der Waals surface area contributed by atoms with Gasteiger partial charge in [-0.15, -0.1) is 0 Å². The van der Waals surface area contributed by atoms with Crippen LogP contribution in [0.15, 0.2) is 24.3 Å². The van der Waals surface area contributed by atoms with Crippen molar-refractivity contribution in [3.8, 4) is 0 Å². The summed E-state index contributed by atoms with van der Waals surface area (Å²) >= 11 is 0. The van der Waals surface area contributed by atoms with Crippen LogP contribution in [0.3, 0.4) is 0 Å². The van der Waals surface area contributed by atoms with Crippen LogP contribution in [-0.4, -0.2) is 22.7 Å². The maximum atomic E-state index is 12.8. The molecule has 22 heavy (non-hydrogen) atoms. The second kappa shape index (κ2) is 5.59. The normalized spacial score (nSPS) is 11.6. The molecule has 0 aliphatic heterocycles. The molecule has 0 atom stereocenters. The molecule has 1 amide bonds. The van der Waals surface area contributed by atoms with Gasteiger partial charge in [0.2, 0.25) is 0 Å². The molecule has 0 radical (unpaired) electrons. The monoisotopic (exact) mass is 299 g/mol. The van der Waals surface area contributed by atoms with Crippen LogP contribution in [0.5, 0.6) is 0 Å². The van der Waals surface area contributed by atoms with Gasteiger partial charge in [-0.25, -0.2) is 0 Å². The van der Waals surface area contributed by atoms with Crippen molar-refractivity contribution in [2.75, 3.05) is 11.9 Å². The highest BCUT2D eigenvalue weighted by molar-refractivity contribution is 6.04. The molecule has 0 saturated heterocycles. The Morgan fingerprint density at radius 2 is 1.82 bits per heavy atom. The quantitative estimate of drug-likeness (QED) is 0.845. The average Bonchev–Trinajstić information content (AvgIpc) is 2.82. The highest BCUT2D eigenvalue weighted by Gasteiger charge is 2.23. The Morgan fingerprint density at radius 1 is 1.18 bits per heavy atom. The van der Waals surface area contributed by atoms with Crippen LogP contribution in [0.25, 0.3) is 0 Å². The lowest BCUT2D eigenvalue weighted by Crippen LogP contribution is -2.29. The van der Waals surface area contributed by atoms with E-state index in [0.29, 0.717) is 5.69 Å². The number of aromatic nitrogens is 2. The molecule has 1 aromatic heterocycles. The molecule has 0 saturated carbocycles. The number of carbonyl (C=O) groups is 1. The SMILES string of the molecule is Cc1cccc(N(C)C(=O)c2cc(C)n(C(C)(C)C)n2)c1C.